The Morgan fingerprint density at radius 2 is 1.83 bits per heavy atom. The number of hydrogen-bond donors (Lipinski definition) is 2. The van der Waals surface area contributed by atoms with Gasteiger partial charge in [0.1, 0.15) is 0 Å². The first kappa shape index (κ1) is 18.2. The number of likely N-dealkylation sites (N-methyl/N-ethyl adjacent to an activating group) is 1. The van der Waals surface area contributed by atoms with Gasteiger partial charge >= 0.3 is 5.97 Å². The van der Waals surface area contributed by atoms with E-state index in [0.717, 1.165) is 19.4 Å². The quantitative estimate of drug-likeness (QED) is 0.662. The van der Waals surface area contributed by atoms with Crippen molar-refractivity contribution in [1.29, 1.82) is 0 Å². The minimum absolute atomic E-state index is 0.0837. The minimum atomic E-state index is -0.759. The van der Waals surface area contributed by atoms with Gasteiger partial charge in [-0.3, -0.25) is 19.4 Å². The molecule has 6 heteroatoms. The van der Waals surface area contributed by atoms with Gasteiger partial charge in [0, 0.05) is 18.6 Å². The molecule has 2 aliphatic rings. The molecular weight excluding hydrogens is 294 g/mol. The maximum atomic E-state index is 12.4. The number of nitrogens with zero attached hydrogens (tertiary/aromatic N) is 2. The summed E-state index contributed by atoms with van der Waals surface area (Å²) in [6.45, 7) is 5.12. The number of nitrogens with one attached hydrogen (secondary N) is 1. The summed E-state index contributed by atoms with van der Waals surface area (Å²) in [7, 11) is 3.86. The van der Waals surface area contributed by atoms with Crippen LogP contribution >= 0.6 is 0 Å². The molecule has 2 saturated carbocycles. The molecule has 1 amide bonds. The number of hydrogen-bond acceptors (Lipinski definition) is 4. The number of rotatable bonds is 9. The largest absolute Gasteiger partial charge is 0.480 e. The van der Waals surface area contributed by atoms with Crippen molar-refractivity contribution in [1.82, 2.24) is 15.1 Å². The Labute approximate surface area is 139 Å². The molecule has 0 radical (unpaired) electrons. The molecule has 2 rings (SSSR count). The van der Waals surface area contributed by atoms with Crippen LogP contribution in [0, 0.1) is 11.8 Å². The first-order valence-electron chi connectivity index (χ1n) is 8.70. The van der Waals surface area contributed by atoms with Crippen LogP contribution < -0.4 is 5.32 Å². The molecule has 2 N–H and O–H groups in total. The van der Waals surface area contributed by atoms with Crippen LogP contribution in [0.15, 0.2) is 0 Å². The molecule has 23 heavy (non-hydrogen) atoms. The Bertz CT molecular complexity index is 421. The molecule has 1 atom stereocenters. The van der Waals surface area contributed by atoms with Crippen LogP contribution in [0.1, 0.15) is 39.5 Å². The van der Waals surface area contributed by atoms with E-state index in [1.54, 1.807) is 0 Å². The van der Waals surface area contributed by atoms with Crippen LogP contribution in [-0.4, -0.2) is 72.1 Å². The number of carboxylic acids is 1. The van der Waals surface area contributed by atoms with Crippen LogP contribution in [0.3, 0.4) is 0 Å². The van der Waals surface area contributed by atoms with E-state index in [1.807, 2.05) is 19.0 Å². The topological polar surface area (TPSA) is 72.9 Å². The van der Waals surface area contributed by atoms with Crippen LogP contribution in [0.2, 0.25) is 0 Å². The summed E-state index contributed by atoms with van der Waals surface area (Å²) in [6, 6.07) is 0.369. The van der Waals surface area contributed by atoms with Gasteiger partial charge in [-0.1, -0.05) is 13.8 Å². The van der Waals surface area contributed by atoms with Gasteiger partial charge in [0.15, 0.2) is 0 Å². The van der Waals surface area contributed by atoms with Gasteiger partial charge in [-0.05, 0) is 51.6 Å². The summed E-state index contributed by atoms with van der Waals surface area (Å²) in [5, 5.41) is 12.2. The maximum Gasteiger partial charge on any atom is 0.317 e. The summed E-state index contributed by atoms with van der Waals surface area (Å²) in [6.07, 6.45) is 4.18. The Morgan fingerprint density at radius 1 is 1.22 bits per heavy atom. The standard InChI is InChI=1S/C17H31N3O3/c1-11(2)16(19(3)4)17(23)18-13-7-14(8-13)20(10-15(21)22)9-12-5-6-12/h11-14,16H,5-10H2,1-4H3,(H,18,23)(H,21,22). The van der Waals surface area contributed by atoms with Gasteiger partial charge in [0.2, 0.25) is 5.91 Å². The van der Waals surface area contributed by atoms with E-state index in [1.165, 1.54) is 12.8 Å². The molecule has 1 unspecified atom stereocenters. The third kappa shape index (κ3) is 5.18. The van der Waals surface area contributed by atoms with Crippen LogP contribution in [0.5, 0.6) is 0 Å². The SMILES string of the molecule is CC(C)C(C(=O)NC1CC(N(CC(=O)O)CC2CC2)C1)N(C)C. The third-order valence-corrected chi connectivity index (χ3v) is 4.96. The molecule has 0 bridgehead atoms. The average molecular weight is 325 g/mol. The fourth-order valence-electron chi connectivity index (χ4n) is 3.57. The lowest BCUT2D eigenvalue weighted by atomic mass is 9.84. The van der Waals surface area contributed by atoms with Gasteiger partial charge in [0.05, 0.1) is 12.6 Å². The van der Waals surface area contributed by atoms with E-state index < -0.39 is 5.97 Å². The highest BCUT2D eigenvalue weighted by Gasteiger charge is 2.38. The molecular formula is C17H31N3O3. The molecule has 0 aliphatic heterocycles. The lowest BCUT2D eigenvalue weighted by Gasteiger charge is -2.43. The zero-order valence-electron chi connectivity index (χ0n) is 14.8. The lowest BCUT2D eigenvalue weighted by Crippen LogP contribution is -2.58. The maximum absolute atomic E-state index is 12.4. The molecule has 6 nitrogen and oxygen atoms in total. The first-order valence-corrected chi connectivity index (χ1v) is 8.70. The van der Waals surface area contributed by atoms with Crippen molar-refractivity contribution in [2.24, 2.45) is 11.8 Å². The number of amides is 1. The molecule has 0 aromatic heterocycles. The third-order valence-electron chi connectivity index (χ3n) is 4.96. The molecule has 2 aliphatic carbocycles. The van der Waals surface area contributed by atoms with Crippen molar-refractivity contribution < 1.29 is 14.7 Å². The van der Waals surface area contributed by atoms with Gasteiger partial charge in [-0.2, -0.15) is 0 Å². The summed E-state index contributed by atoms with van der Waals surface area (Å²) < 4.78 is 0. The Balaban J connectivity index is 1.80. The first-order chi connectivity index (χ1) is 10.8. The smallest absolute Gasteiger partial charge is 0.317 e. The number of carboxylic acid groups (broad SMARTS) is 1. The number of carbonyl (C=O) groups is 2. The van der Waals surface area contributed by atoms with Crippen molar-refractivity contribution in [2.45, 2.75) is 57.7 Å². The Hall–Kier alpha value is -1.14. The average Bonchev–Trinajstić information content (AvgIpc) is 3.14. The number of carbonyl (C=O) groups excluding carboxylic acids is 1. The second-order valence-corrected chi connectivity index (χ2v) is 7.75. The predicted octanol–water partition coefficient (Wildman–Crippen LogP) is 1.02. The van der Waals surface area contributed by atoms with Crippen molar-refractivity contribution in [2.75, 3.05) is 27.2 Å². The van der Waals surface area contributed by atoms with E-state index >= 15 is 0 Å². The van der Waals surface area contributed by atoms with E-state index in [9.17, 15) is 9.59 Å². The van der Waals surface area contributed by atoms with Crippen molar-refractivity contribution in [3.63, 3.8) is 0 Å². The van der Waals surface area contributed by atoms with Crippen LogP contribution in [-0.2, 0) is 9.59 Å². The van der Waals surface area contributed by atoms with Crippen LogP contribution in [0.4, 0.5) is 0 Å². The summed E-state index contributed by atoms with van der Waals surface area (Å²) in [4.78, 5) is 27.5. The predicted molar refractivity (Wildman–Crippen MR) is 89.2 cm³/mol. The zero-order chi connectivity index (χ0) is 17.1. The Morgan fingerprint density at radius 3 is 2.26 bits per heavy atom. The Kier molecular flexibility index (Phi) is 6.03. The molecule has 2 fully saturated rings. The molecule has 0 aromatic rings. The van der Waals surface area contributed by atoms with Crippen molar-refractivity contribution in [3.8, 4) is 0 Å². The van der Waals surface area contributed by atoms with Gasteiger partial charge in [-0.15, -0.1) is 0 Å². The molecule has 0 aromatic carbocycles. The zero-order valence-corrected chi connectivity index (χ0v) is 14.8. The highest BCUT2D eigenvalue weighted by molar-refractivity contribution is 5.82. The van der Waals surface area contributed by atoms with E-state index in [0.29, 0.717) is 12.0 Å². The summed E-state index contributed by atoms with van der Waals surface area (Å²) in [5.74, 6) is 0.271. The van der Waals surface area contributed by atoms with E-state index in [4.69, 9.17) is 5.11 Å². The fraction of sp³-hybridized carbons (Fsp3) is 0.882. The summed E-state index contributed by atoms with van der Waals surface area (Å²) in [5.41, 5.74) is 0. The second kappa shape index (κ2) is 7.62. The van der Waals surface area contributed by atoms with Crippen molar-refractivity contribution in [3.05, 3.63) is 0 Å². The highest BCUT2D eigenvalue weighted by atomic mass is 16.4. The minimum Gasteiger partial charge on any atom is -0.480 e. The lowest BCUT2D eigenvalue weighted by molar-refractivity contribution is -0.140. The second-order valence-electron chi connectivity index (χ2n) is 7.75. The molecule has 0 heterocycles. The normalized spacial score (nSPS) is 25.5. The fourth-order valence-corrected chi connectivity index (χ4v) is 3.57. The molecule has 132 valence electrons. The van der Waals surface area contributed by atoms with Crippen LogP contribution in [0.25, 0.3) is 0 Å². The van der Waals surface area contributed by atoms with E-state index in [-0.39, 0.29) is 30.5 Å². The van der Waals surface area contributed by atoms with Gasteiger partial charge < -0.3 is 10.4 Å². The van der Waals surface area contributed by atoms with E-state index in [2.05, 4.69) is 24.1 Å². The summed E-state index contributed by atoms with van der Waals surface area (Å²) >= 11 is 0. The van der Waals surface area contributed by atoms with Gasteiger partial charge in [-0.25, -0.2) is 0 Å². The number of aliphatic carboxylic acids is 1. The molecule has 0 spiro atoms. The van der Waals surface area contributed by atoms with Gasteiger partial charge in [0.25, 0.3) is 0 Å². The van der Waals surface area contributed by atoms with Crippen molar-refractivity contribution >= 4 is 11.9 Å². The molecule has 0 saturated heterocycles. The monoisotopic (exact) mass is 325 g/mol. The highest BCUT2D eigenvalue weighted by Crippen LogP contribution is 2.33.